The molecule has 0 radical (unpaired) electrons. The number of ketones is 1. The van der Waals surface area contributed by atoms with E-state index in [1.165, 1.54) is 0 Å². The van der Waals surface area contributed by atoms with E-state index in [2.05, 4.69) is 20.8 Å². The summed E-state index contributed by atoms with van der Waals surface area (Å²) in [5.41, 5.74) is 2.23. The predicted molar refractivity (Wildman–Crippen MR) is 68.6 cm³/mol. The van der Waals surface area contributed by atoms with Gasteiger partial charge in [0.2, 0.25) is 0 Å². The number of ether oxygens (including phenoxy) is 1. The minimum Gasteiger partial charge on any atom is -0.497 e. The third kappa shape index (κ3) is 2.51. The second-order valence-corrected chi connectivity index (χ2v) is 6.05. The Kier molecular flexibility index (Phi) is 2.98. The summed E-state index contributed by atoms with van der Waals surface area (Å²) in [6, 6.07) is 5.77. The third-order valence-electron chi connectivity index (χ3n) is 3.27. The lowest BCUT2D eigenvalue weighted by molar-refractivity contribution is 0.0903. The lowest BCUT2D eigenvalue weighted by atomic mass is 9.83. The topological polar surface area (TPSA) is 26.3 Å². The van der Waals surface area contributed by atoms with Crippen LogP contribution in [0.15, 0.2) is 18.2 Å². The summed E-state index contributed by atoms with van der Waals surface area (Å²) in [5.74, 6) is 1.29. The van der Waals surface area contributed by atoms with Gasteiger partial charge >= 0.3 is 0 Å². The average Bonchev–Trinajstić information content (AvgIpc) is 2.53. The molecule has 0 amide bonds. The fourth-order valence-electron chi connectivity index (χ4n) is 2.59. The fourth-order valence-corrected chi connectivity index (χ4v) is 2.59. The highest BCUT2D eigenvalue weighted by Crippen LogP contribution is 2.36. The van der Waals surface area contributed by atoms with Crippen molar-refractivity contribution < 1.29 is 9.53 Å². The van der Waals surface area contributed by atoms with Gasteiger partial charge in [-0.15, -0.1) is 0 Å². The van der Waals surface area contributed by atoms with Gasteiger partial charge in [-0.1, -0.05) is 20.8 Å². The molecule has 1 aliphatic rings. The molecule has 0 saturated heterocycles. The maximum atomic E-state index is 12.2. The molecule has 1 atom stereocenters. The van der Waals surface area contributed by atoms with Gasteiger partial charge in [-0.3, -0.25) is 4.79 Å². The highest BCUT2D eigenvalue weighted by atomic mass is 16.5. The Bertz CT molecular complexity index is 441. The van der Waals surface area contributed by atoms with Crippen molar-refractivity contribution in [3.05, 3.63) is 29.3 Å². The highest BCUT2D eigenvalue weighted by molar-refractivity contribution is 6.02. The SMILES string of the molecule is COc1ccc2c(c1)CC(CC(C)(C)C)C2=O. The Balaban J connectivity index is 2.23. The van der Waals surface area contributed by atoms with Crippen molar-refractivity contribution >= 4 is 5.78 Å². The zero-order chi connectivity index (χ0) is 12.6. The normalized spacial score (nSPS) is 19.3. The van der Waals surface area contributed by atoms with Crippen LogP contribution in [-0.4, -0.2) is 12.9 Å². The molecule has 1 aromatic rings. The third-order valence-corrected chi connectivity index (χ3v) is 3.27. The van der Waals surface area contributed by atoms with E-state index in [1.54, 1.807) is 7.11 Å². The van der Waals surface area contributed by atoms with Gasteiger partial charge in [0.15, 0.2) is 5.78 Å². The van der Waals surface area contributed by atoms with E-state index in [0.29, 0.717) is 5.78 Å². The van der Waals surface area contributed by atoms with Crippen molar-refractivity contribution in [1.82, 2.24) is 0 Å². The lowest BCUT2D eigenvalue weighted by Crippen LogP contribution is -2.17. The van der Waals surface area contributed by atoms with Gasteiger partial charge in [-0.25, -0.2) is 0 Å². The molecule has 1 aliphatic carbocycles. The van der Waals surface area contributed by atoms with Gasteiger partial charge in [-0.05, 0) is 42.0 Å². The quantitative estimate of drug-likeness (QED) is 0.780. The average molecular weight is 232 g/mol. The summed E-state index contributed by atoms with van der Waals surface area (Å²) in [6.45, 7) is 6.55. The smallest absolute Gasteiger partial charge is 0.166 e. The van der Waals surface area contributed by atoms with Crippen molar-refractivity contribution in [3.63, 3.8) is 0 Å². The van der Waals surface area contributed by atoms with E-state index in [1.807, 2.05) is 18.2 Å². The number of Topliss-reactive ketones (excluding diaryl/α,β-unsaturated/α-hetero) is 1. The van der Waals surface area contributed by atoms with Crippen LogP contribution >= 0.6 is 0 Å². The van der Waals surface area contributed by atoms with E-state index in [0.717, 1.165) is 29.7 Å². The summed E-state index contributed by atoms with van der Waals surface area (Å²) >= 11 is 0. The number of carbonyl (C=O) groups is 1. The van der Waals surface area contributed by atoms with Crippen LogP contribution in [0, 0.1) is 11.3 Å². The fraction of sp³-hybridized carbons (Fsp3) is 0.533. The van der Waals surface area contributed by atoms with Crippen LogP contribution in [0.2, 0.25) is 0 Å². The molecule has 92 valence electrons. The van der Waals surface area contributed by atoms with Gasteiger partial charge in [0.1, 0.15) is 5.75 Å². The molecule has 1 unspecified atom stereocenters. The molecular formula is C15H20O2. The van der Waals surface area contributed by atoms with Crippen LogP contribution < -0.4 is 4.74 Å². The molecule has 0 bridgehead atoms. The van der Waals surface area contributed by atoms with E-state index in [9.17, 15) is 4.79 Å². The molecule has 0 aromatic heterocycles. The molecule has 2 rings (SSSR count). The van der Waals surface area contributed by atoms with Gasteiger partial charge in [0.05, 0.1) is 7.11 Å². The molecule has 2 heteroatoms. The van der Waals surface area contributed by atoms with Gasteiger partial charge in [0, 0.05) is 11.5 Å². The van der Waals surface area contributed by atoms with Gasteiger partial charge in [0.25, 0.3) is 0 Å². The zero-order valence-electron chi connectivity index (χ0n) is 11.0. The summed E-state index contributed by atoms with van der Waals surface area (Å²) in [7, 11) is 1.66. The maximum absolute atomic E-state index is 12.2. The number of fused-ring (bicyclic) bond motifs is 1. The van der Waals surface area contributed by atoms with Crippen molar-refractivity contribution in [2.75, 3.05) is 7.11 Å². The largest absolute Gasteiger partial charge is 0.497 e. The maximum Gasteiger partial charge on any atom is 0.166 e. The van der Waals surface area contributed by atoms with Crippen LogP contribution in [-0.2, 0) is 6.42 Å². The van der Waals surface area contributed by atoms with Crippen LogP contribution in [0.3, 0.4) is 0 Å². The molecule has 0 N–H and O–H groups in total. The first-order valence-corrected chi connectivity index (χ1v) is 6.12. The van der Waals surface area contributed by atoms with Crippen molar-refractivity contribution in [2.45, 2.75) is 33.6 Å². The van der Waals surface area contributed by atoms with Crippen LogP contribution in [0.1, 0.15) is 43.1 Å². The van der Waals surface area contributed by atoms with E-state index in [4.69, 9.17) is 4.74 Å². The number of rotatable bonds is 2. The summed E-state index contributed by atoms with van der Waals surface area (Å²) in [6.07, 6.45) is 1.81. The Morgan fingerprint density at radius 1 is 1.35 bits per heavy atom. The minimum absolute atomic E-state index is 0.150. The van der Waals surface area contributed by atoms with Crippen LogP contribution in [0.4, 0.5) is 0 Å². The Hall–Kier alpha value is -1.31. The van der Waals surface area contributed by atoms with Crippen molar-refractivity contribution in [1.29, 1.82) is 0 Å². The number of methoxy groups -OCH3 is 1. The number of hydrogen-bond acceptors (Lipinski definition) is 2. The molecule has 1 aromatic carbocycles. The van der Waals surface area contributed by atoms with E-state index in [-0.39, 0.29) is 11.3 Å². The monoisotopic (exact) mass is 232 g/mol. The Labute approximate surface area is 103 Å². The molecule has 0 fully saturated rings. The molecule has 0 aliphatic heterocycles. The van der Waals surface area contributed by atoms with Crippen LogP contribution in [0.5, 0.6) is 5.75 Å². The first-order chi connectivity index (χ1) is 7.90. The highest BCUT2D eigenvalue weighted by Gasteiger charge is 2.33. The zero-order valence-corrected chi connectivity index (χ0v) is 11.0. The number of carbonyl (C=O) groups excluding carboxylic acids is 1. The first kappa shape index (κ1) is 12.2. The molecular weight excluding hydrogens is 212 g/mol. The molecule has 17 heavy (non-hydrogen) atoms. The summed E-state index contributed by atoms with van der Waals surface area (Å²) in [5, 5.41) is 0. The Morgan fingerprint density at radius 2 is 2.06 bits per heavy atom. The predicted octanol–water partition coefficient (Wildman–Crippen LogP) is 3.49. The molecule has 0 saturated carbocycles. The number of hydrogen-bond donors (Lipinski definition) is 0. The summed E-state index contributed by atoms with van der Waals surface area (Å²) < 4.78 is 5.20. The number of benzene rings is 1. The first-order valence-electron chi connectivity index (χ1n) is 6.12. The van der Waals surface area contributed by atoms with Gasteiger partial charge < -0.3 is 4.74 Å². The van der Waals surface area contributed by atoms with Gasteiger partial charge in [-0.2, -0.15) is 0 Å². The molecule has 0 heterocycles. The minimum atomic E-state index is 0.150. The van der Waals surface area contributed by atoms with E-state index < -0.39 is 0 Å². The van der Waals surface area contributed by atoms with E-state index >= 15 is 0 Å². The standard InChI is InChI=1S/C15H20O2/c1-15(2,3)9-11-7-10-8-12(17-4)5-6-13(10)14(11)16/h5-6,8,11H,7,9H2,1-4H3. The van der Waals surface area contributed by atoms with Crippen molar-refractivity contribution in [3.8, 4) is 5.75 Å². The molecule has 2 nitrogen and oxygen atoms in total. The Morgan fingerprint density at radius 3 is 2.65 bits per heavy atom. The molecule has 0 spiro atoms. The van der Waals surface area contributed by atoms with Crippen LogP contribution in [0.25, 0.3) is 0 Å². The lowest BCUT2D eigenvalue weighted by Gasteiger charge is -2.21. The van der Waals surface area contributed by atoms with Crippen molar-refractivity contribution in [2.24, 2.45) is 11.3 Å². The second kappa shape index (κ2) is 4.17. The second-order valence-electron chi connectivity index (χ2n) is 6.05. The summed E-state index contributed by atoms with van der Waals surface area (Å²) in [4.78, 5) is 12.2.